The van der Waals surface area contributed by atoms with Crippen LogP contribution in [-0.4, -0.2) is 57.2 Å². The van der Waals surface area contributed by atoms with E-state index in [0.29, 0.717) is 30.3 Å². The summed E-state index contributed by atoms with van der Waals surface area (Å²) in [6.45, 7) is 2.56. The normalized spacial score (nSPS) is 16.1. The highest BCUT2D eigenvalue weighted by atomic mass is 16.2. The van der Waals surface area contributed by atoms with E-state index in [0.717, 1.165) is 35.9 Å². The zero-order chi connectivity index (χ0) is 22.7. The molecule has 3 aromatic rings. The third-order valence-electron chi connectivity index (χ3n) is 5.93. The Morgan fingerprint density at radius 2 is 2.03 bits per heavy atom. The maximum Gasteiger partial charge on any atom is 0.255 e. The van der Waals surface area contributed by atoms with Gasteiger partial charge in [-0.05, 0) is 37.5 Å². The lowest BCUT2D eigenvalue weighted by Gasteiger charge is -2.35. The number of carbonyl (C=O) groups is 2. The lowest BCUT2D eigenvalue weighted by Crippen LogP contribution is -2.39. The Kier molecular flexibility index (Phi) is 6.30. The second kappa shape index (κ2) is 9.30. The third kappa shape index (κ3) is 4.39. The minimum atomic E-state index is -0.224. The van der Waals surface area contributed by atoms with Crippen molar-refractivity contribution in [3.63, 3.8) is 0 Å². The molecular formula is C24H28N6O2. The Balaban J connectivity index is 1.70. The first-order valence-corrected chi connectivity index (χ1v) is 10.9. The number of piperidine rings is 1. The minimum absolute atomic E-state index is 0.0322. The van der Waals surface area contributed by atoms with Gasteiger partial charge in [-0.15, -0.1) is 0 Å². The lowest BCUT2D eigenvalue weighted by atomic mass is 9.98. The van der Waals surface area contributed by atoms with Gasteiger partial charge >= 0.3 is 0 Å². The third-order valence-corrected chi connectivity index (χ3v) is 5.93. The quantitative estimate of drug-likeness (QED) is 0.664. The number of amides is 2. The van der Waals surface area contributed by atoms with Crippen LogP contribution in [0.5, 0.6) is 0 Å². The van der Waals surface area contributed by atoms with E-state index in [-0.39, 0.29) is 17.9 Å². The van der Waals surface area contributed by atoms with Crippen LogP contribution >= 0.6 is 0 Å². The van der Waals surface area contributed by atoms with E-state index < -0.39 is 0 Å². The SMILES string of the molecule is CNc1cc(CN(C)C(C)=O)nc([C@@H]2CCCCN2C(=O)c2cccc3ncccc23)n1. The molecule has 3 heterocycles. The summed E-state index contributed by atoms with van der Waals surface area (Å²) in [5.41, 5.74) is 2.18. The van der Waals surface area contributed by atoms with E-state index in [9.17, 15) is 9.59 Å². The monoisotopic (exact) mass is 432 g/mol. The second-order valence-corrected chi connectivity index (χ2v) is 8.11. The summed E-state index contributed by atoms with van der Waals surface area (Å²) in [6.07, 6.45) is 4.47. The molecule has 0 bridgehead atoms. The van der Waals surface area contributed by atoms with Gasteiger partial charge in [-0.3, -0.25) is 14.6 Å². The van der Waals surface area contributed by atoms with Crippen LogP contribution in [-0.2, 0) is 11.3 Å². The number of hydrogen-bond donors (Lipinski definition) is 1. The highest BCUT2D eigenvalue weighted by molar-refractivity contribution is 6.06. The lowest BCUT2D eigenvalue weighted by molar-refractivity contribution is -0.128. The van der Waals surface area contributed by atoms with Crippen LogP contribution in [0.15, 0.2) is 42.6 Å². The summed E-state index contributed by atoms with van der Waals surface area (Å²) in [7, 11) is 3.55. The summed E-state index contributed by atoms with van der Waals surface area (Å²) in [4.78, 5) is 42.7. The molecule has 2 aromatic heterocycles. The molecule has 32 heavy (non-hydrogen) atoms. The number of anilines is 1. The summed E-state index contributed by atoms with van der Waals surface area (Å²) < 4.78 is 0. The number of nitrogens with one attached hydrogen (secondary N) is 1. The Hall–Kier alpha value is -3.55. The van der Waals surface area contributed by atoms with Crippen LogP contribution in [0.4, 0.5) is 5.82 Å². The molecule has 0 spiro atoms. The van der Waals surface area contributed by atoms with E-state index in [4.69, 9.17) is 4.98 Å². The molecule has 1 N–H and O–H groups in total. The van der Waals surface area contributed by atoms with Crippen molar-refractivity contribution >= 4 is 28.5 Å². The molecule has 0 aliphatic carbocycles. The summed E-state index contributed by atoms with van der Waals surface area (Å²) in [5.74, 6) is 1.22. The van der Waals surface area contributed by atoms with Gasteiger partial charge in [0, 0.05) is 50.8 Å². The van der Waals surface area contributed by atoms with Gasteiger partial charge in [-0.25, -0.2) is 9.97 Å². The van der Waals surface area contributed by atoms with E-state index in [1.165, 1.54) is 6.92 Å². The van der Waals surface area contributed by atoms with Gasteiger partial charge < -0.3 is 15.1 Å². The van der Waals surface area contributed by atoms with E-state index in [2.05, 4.69) is 15.3 Å². The summed E-state index contributed by atoms with van der Waals surface area (Å²) in [6, 6.07) is 11.0. The van der Waals surface area contributed by atoms with Gasteiger partial charge in [0.15, 0.2) is 5.82 Å². The molecule has 0 saturated carbocycles. The highest BCUT2D eigenvalue weighted by Crippen LogP contribution is 2.32. The van der Waals surface area contributed by atoms with Gasteiger partial charge in [-0.1, -0.05) is 12.1 Å². The van der Waals surface area contributed by atoms with Crippen LogP contribution < -0.4 is 5.32 Å². The number of rotatable bonds is 5. The predicted molar refractivity (Wildman–Crippen MR) is 123 cm³/mol. The maximum atomic E-state index is 13.7. The predicted octanol–water partition coefficient (Wildman–Crippen LogP) is 3.41. The van der Waals surface area contributed by atoms with Crippen LogP contribution in [0.1, 0.15) is 54.1 Å². The number of pyridine rings is 1. The molecule has 1 atom stereocenters. The van der Waals surface area contributed by atoms with Crippen molar-refractivity contribution in [1.82, 2.24) is 24.8 Å². The van der Waals surface area contributed by atoms with Gasteiger partial charge in [0.05, 0.1) is 23.8 Å². The molecule has 2 amide bonds. The number of benzene rings is 1. The van der Waals surface area contributed by atoms with Crippen LogP contribution in [0.3, 0.4) is 0 Å². The van der Waals surface area contributed by atoms with Crippen molar-refractivity contribution in [2.24, 2.45) is 0 Å². The molecule has 0 unspecified atom stereocenters. The number of hydrogen-bond acceptors (Lipinski definition) is 6. The first kappa shape index (κ1) is 21.7. The summed E-state index contributed by atoms with van der Waals surface area (Å²) in [5, 5.41) is 3.93. The molecule has 1 aliphatic rings. The topological polar surface area (TPSA) is 91.3 Å². The second-order valence-electron chi connectivity index (χ2n) is 8.11. The van der Waals surface area contributed by atoms with Crippen molar-refractivity contribution in [2.45, 2.75) is 38.8 Å². The van der Waals surface area contributed by atoms with Gasteiger partial charge in [-0.2, -0.15) is 0 Å². The van der Waals surface area contributed by atoms with Gasteiger partial charge in [0.2, 0.25) is 5.91 Å². The first-order valence-electron chi connectivity index (χ1n) is 10.9. The van der Waals surface area contributed by atoms with Crippen LogP contribution in [0, 0.1) is 0 Å². The Bertz CT molecular complexity index is 1140. The Labute approximate surface area is 187 Å². The number of aromatic nitrogens is 3. The highest BCUT2D eigenvalue weighted by Gasteiger charge is 2.32. The molecule has 4 rings (SSSR count). The van der Waals surface area contributed by atoms with E-state index >= 15 is 0 Å². The molecule has 1 aromatic carbocycles. The van der Waals surface area contributed by atoms with E-state index in [1.54, 1.807) is 25.2 Å². The number of fused-ring (bicyclic) bond motifs is 1. The Morgan fingerprint density at radius 1 is 1.19 bits per heavy atom. The Morgan fingerprint density at radius 3 is 2.81 bits per heavy atom. The maximum absolute atomic E-state index is 13.7. The summed E-state index contributed by atoms with van der Waals surface area (Å²) >= 11 is 0. The molecule has 166 valence electrons. The van der Waals surface area contributed by atoms with Crippen molar-refractivity contribution in [1.29, 1.82) is 0 Å². The molecular weight excluding hydrogens is 404 g/mol. The number of likely N-dealkylation sites (tertiary alicyclic amines) is 1. The fourth-order valence-electron chi connectivity index (χ4n) is 4.12. The average Bonchev–Trinajstić information content (AvgIpc) is 2.83. The van der Waals surface area contributed by atoms with Crippen molar-refractivity contribution < 1.29 is 9.59 Å². The first-order chi connectivity index (χ1) is 15.5. The minimum Gasteiger partial charge on any atom is -0.373 e. The zero-order valence-electron chi connectivity index (χ0n) is 18.7. The van der Waals surface area contributed by atoms with Gasteiger partial charge in [0.1, 0.15) is 5.82 Å². The van der Waals surface area contributed by atoms with Crippen LogP contribution in [0.2, 0.25) is 0 Å². The molecule has 1 aliphatic heterocycles. The van der Waals surface area contributed by atoms with Crippen molar-refractivity contribution in [3.8, 4) is 0 Å². The molecule has 0 radical (unpaired) electrons. The smallest absolute Gasteiger partial charge is 0.255 e. The number of nitrogens with zero attached hydrogens (tertiary/aromatic N) is 5. The molecule has 1 saturated heterocycles. The van der Waals surface area contributed by atoms with Crippen LogP contribution in [0.25, 0.3) is 10.9 Å². The van der Waals surface area contributed by atoms with Crippen molar-refractivity contribution in [3.05, 3.63) is 59.7 Å². The zero-order valence-corrected chi connectivity index (χ0v) is 18.7. The largest absolute Gasteiger partial charge is 0.373 e. The molecule has 8 nitrogen and oxygen atoms in total. The van der Waals surface area contributed by atoms with E-state index in [1.807, 2.05) is 41.3 Å². The van der Waals surface area contributed by atoms with Gasteiger partial charge in [0.25, 0.3) is 5.91 Å². The standard InChI is InChI=1S/C24H28N6O2/c1-16(31)29(3)15-17-14-22(25-2)28-23(27-17)21-11-4-5-13-30(21)24(32)19-8-6-10-20-18(19)9-7-12-26-20/h6-10,12,14,21H,4-5,11,13,15H2,1-3H3,(H,25,27,28)/t21-/m0/s1. The average molecular weight is 433 g/mol. The van der Waals surface area contributed by atoms with Crippen molar-refractivity contribution in [2.75, 3.05) is 26.0 Å². The molecule has 1 fully saturated rings. The molecule has 8 heteroatoms. The number of carbonyl (C=O) groups excluding carboxylic acids is 2. The fourth-order valence-corrected chi connectivity index (χ4v) is 4.12. The fraction of sp³-hybridized carbons (Fsp3) is 0.375.